The summed E-state index contributed by atoms with van der Waals surface area (Å²) < 4.78 is 3.76. The molecule has 1 saturated heterocycles. The molecule has 6 nitrogen and oxygen atoms in total. The van der Waals surface area contributed by atoms with Crippen molar-refractivity contribution >= 4 is 5.91 Å². The molecule has 0 radical (unpaired) electrons. The summed E-state index contributed by atoms with van der Waals surface area (Å²) in [6.45, 7) is 4.79. The van der Waals surface area contributed by atoms with Crippen molar-refractivity contribution in [1.82, 2.24) is 24.5 Å². The van der Waals surface area contributed by atoms with Crippen molar-refractivity contribution in [3.8, 4) is 5.69 Å². The third-order valence-electron chi connectivity index (χ3n) is 5.08. The minimum Gasteiger partial charge on any atom is -0.330 e. The van der Waals surface area contributed by atoms with Crippen molar-refractivity contribution in [1.29, 1.82) is 0 Å². The summed E-state index contributed by atoms with van der Waals surface area (Å²) in [7, 11) is 1.93. The molecule has 1 atom stereocenters. The standard InChI is InChI=1S/C20H23N5O/c1-14-13-15(2)25(22-14)17-8-6-16(7-9-17)20(26)24-12-4-5-19(24)18-10-11-21-23(18)3/h6-11,13,19H,4-5,12H2,1-3H3. The molecule has 0 aliphatic carbocycles. The van der Waals surface area contributed by atoms with Crippen LogP contribution in [0.15, 0.2) is 42.6 Å². The molecule has 0 saturated carbocycles. The number of hydrogen-bond donors (Lipinski definition) is 0. The van der Waals surface area contributed by atoms with E-state index in [2.05, 4.69) is 10.2 Å². The van der Waals surface area contributed by atoms with E-state index in [9.17, 15) is 4.79 Å². The Labute approximate surface area is 153 Å². The van der Waals surface area contributed by atoms with Crippen LogP contribution < -0.4 is 0 Å². The zero-order chi connectivity index (χ0) is 18.3. The van der Waals surface area contributed by atoms with Gasteiger partial charge in [-0.05, 0) is 63.1 Å². The topological polar surface area (TPSA) is 56.0 Å². The Morgan fingerprint density at radius 1 is 1.15 bits per heavy atom. The van der Waals surface area contributed by atoms with Crippen molar-refractivity contribution in [3.63, 3.8) is 0 Å². The largest absolute Gasteiger partial charge is 0.330 e. The first-order valence-electron chi connectivity index (χ1n) is 8.97. The number of benzene rings is 1. The third-order valence-corrected chi connectivity index (χ3v) is 5.08. The van der Waals surface area contributed by atoms with Crippen LogP contribution in [0.2, 0.25) is 0 Å². The van der Waals surface area contributed by atoms with Crippen molar-refractivity contribution in [2.75, 3.05) is 6.54 Å². The molecule has 1 aromatic carbocycles. The van der Waals surface area contributed by atoms with E-state index < -0.39 is 0 Å². The van der Waals surface area contributed by atoms with Crippen LogP contribution >= 0.6 is 0 Å². The molecule has 4 rings (SSSR count). The lowest BCUT2D eigenvalue weighted by Gasteiger charge is -2.25. The maximum absolute atomic E-state index is 13.1. The monoisotopic (exact) mass is 349 g/mol. The van der Waals surface area contributed by atoms with Crippen LogP contribution in [0.5, 0.6) is 0 Å². The fourth-order valence-corrected chi connectivity index (χ4v) is 3.83. The molecule has 6 heteroatoms. The van der Waals surface area contributed by atoms with Gasteiger partial charge in [-0.25, -0.2) is 4.68 Å². The third kappa shape index (κ3) is 2.81. The van der Waals surface area contributed by atoms with Crippen LogP contribution in [0, 0.1) is 13.8 Å². The maximum atomic E-state index is 13.1. The molecule has 3 aromatic rings. The van der Waals surface area contributed by atoms with Gasteiger partial charge in [-0.3, -0.25) is 9.48 Å². The van der Waals surface area contributed by atoms with E-state index in [1.165, 1.54) is 0 Å². The Bertz CT molecular complexity index is 938. The van der Waals surface area contributed by atoms with Gasteiger partial charge in [-0.2, -0.15) is 10.2 Å². The summed E-state index contributed by atoms with van der Waals surface area (Å²) in [6.07, 6.45) is 3.79. The first-order chi connectivity index (χ1) is 12.5. The molecular formula is C20H23N5O. The predicted octanol–water partition coefficient (Wildman–Crippen LogP) is 3.20. The molecule has 1 fully saturated rings. The summed E-state index contributed by atoms with van der Waals surface area (Å²) in [5.41, 5.74) is 4.84. The van der Waals surface area contributed by atoms with Gasteiger partial charge in [0.25, 0.3) is 5.91 Å². The second-order valence-electron chi connectivity index (χ2n) is 6.92. The van der Waals surface area contributed by atoms with Gasteiger partial charge in [-0.1, -0.05) is 0 Å². The average Bonchev–Trinajstić information content (AvgIpc) is 3.34. The normalized spacial score (nSPS) is 17.0. The number of nitrogens with zero attached hydrogens (tertiary/aromatic N) is 5. The molecule has 26 heavy (non-hydrogen) atoms. The number of amides is 1. The van der Waals surface area contributed by atoms with Crippen LogP contribution in [-0.4, -0.2) is 36.9 Å². The fraction of sp³-hybridized carbons (Fsp3) is 0.350. The summed E-state index contributed by atoms with van der Waals surface area (Å²) in [6, 6.07) is 11.9. The van der Waals surface area contributed by atoms with Gasteiger partial charge in [0.05, 0.1) is 23.1 Å². The highest BCUT2D eigenvalue weighted by Gasteiger charge is 2.32. The lowest BCUT2D eigenvalue weighted by Crippen LogP contribution is -2.31. The Morgan fingerprint density at radius 2 is 1.92 bits per heavy atom. The van der Waals surface area contributed by atoms with Gasteiger partial charge in [0.1, 0.15) is 0 Å². The number of carbonyl (C=O) groups excluding carboxylic acids is 1. The van der Waals surface area contributed by atoms with Crippen LogP contribution in [0.25, 0.3) is 5.69 Å². The van der Waals surface area contributed by atoms with Crippen LogP contribution in [0.4, 0.5) is 0 Å². The van der Waals surface area contributed by atoms with Gasteiger partial charge in [0, 0.05) is 31.0 Å². The van der Waals surface area contributed by atoms with E-state index >= 15 is 0 Å². The van der Waals surface area contributed by atoms with Crippen molar-refractivity contribution < 1.29 is 4.79 Å². The Morgan fingerprint density at radius 3 is 2.54 bits per heavy atom. The minimum absolute atomic E-state index is 0.0774. The summed E-state index contributed by atoms with van der Waals surface area (Å²) in [5, 5.41) is 8.75. The van der Waals surface area contributed by atoms with E-state index in [1.807, 2.05) is 71.6 Å². The minimum atomic E-state index is 0.0774. The molecule has 0 spiro atoms. The Balaban J connectivity index is 1.58. The highest BCUT2D eigenvalue weighted by molar-refractivity contribution is 5.94. The summed E-state index contributed by atoms with van der Waals surface area (Å²) in [5.74, 6) is 0.0774. The van der Waals surface area contributed by atoms with Gasteiger partial charge in [0.2, 0.25) is 0 Å². The number of hydrogen-bond acceptors (Lipinski definition) is 3. The molecule has 2 aromatic heterocycles. The highest BCUT2D eigenvalue weighted by Crippen LogP contribution is 2.32. The van der Waals surface area contributed by atoms with Gasteiger partial charge in [0.15, 0.2) is 0 Å². The molecule has 1 aliphatic rings. The van der Waals surface area contributed by atoms with Crippen molar-refractivity contribution in [2.45, 2.75) is 32.7 Å². The lowest BCUT2D eigenvalue weighted by atomic mass is 10.1. The molecule has 0 N–H and O–H groups in total. The molecule has 3 heterocycles. The number of aryl methyl sites for hydroxylation is 3. The highest BCUT2D eigenvalue weighted by atomic mass is 16.2. The molecule has 0 bridgehead atoms. The number of rotatable bonds is 3. The fourth-order valence-electron chi connectivity index (χ4n) is 3.83. The molecule has 1 unspecified atom stereocenters. The van der Waals surface area contributed by atoms with E-state index in [4.69, 9.17) is 0 Å². The SMILES string of the molecule is Cc1cc(C)n(-c2ccc(C(=O)N3CCCC3c3ccnn3C)cc2)n1. The number of carbonyl (C=O) groups is 1. The van der Waals surface area contributed by atoms with Crippen LogP contribution in [0.3, 0.4) is 0 Å². The van der Waals surface area contributed by atoms with Crippen molar-refractivity contribution in [3.05, 3.63) is 65.2 Å². The van der Waals surface area contributed by atoms with E-state index in [-0.39, 0.29) is 11.9 Å². The van der Waals surface area contributed by atoms with Crippen LogP contribution in [0.1, 0.15) is 46.3 Å². The first kappa shape index (κ1) is 16.6. The average molecular weight is 349 g/mol. The smallest absolute Gasteiger partial charge is 0.254 e. The molecule has 1 amide bonds. The molecule has 1 aliphatic heterocycles. The Hall–Kier alpha value is -2.89. The second-order valence-corrected chi connectivity index (χ2v) is 6.92. The zero-order valence-corrected chi connectivity index (χ0v) is 15.4. The van der Waals surface area contributed by atoms with E-state index in [1.54, 1.807) is 6.20 Å². The predicted molar refractivity (Wildman–Crippen MR) is 99.3 cm³/mol. The zero-order valence-electron chi connectivity index (χ0n) is 15.4. The van der Waals surface area contributed by atoms with Gasteiger partial charge < -0.3 is 4.90 Å². The van der Waals surface area contributed by atoms with Gasteiger partial charge >= 0.3 is 0 Å². The maximum Gasteiger partial charge on any atom is 0.254 e. The second kappa shape index (κ2) is 6.44. The first-order valence-corrected chi connectivity index (χ1v) is 8.97. The quantitative estimate of drug-likeness (QED) is 0.730. The van der Waals surface area contributed by atoms with E-state index in [0.717, 1.165) is 42.2 Å². The molecule has 134 valence electrons. The summed E-state index contributed by atoms with van der Waals surface area (Å²) >= 11 is 0. The van der Waals surface area contributed by atoms with Crippen LogP contribution in [-0.2, 0) is 7.05 Å². The molecular weight excluding hydrogens is 326 g/mol. The van der Waals surface area contributed by atoms with Crippen molar-refractivity contribution in [2.24, 2.45) is 7.05 Å². The number of likely N-dealkylation sites (tertiary alicyclic amines) is 1. The number of aromatic nitrogens is 4. The Kier molecular flexibility index (Phi) is 4.11. The lowest BCUT2D eigenvalue weighted by molar-refractivity contribution is 0.0730. The van der Waals surface area contributed by atoms with Gasteiger partial charge in [-0.15, -0.1) is 0 Å². The van der Waals surface area contributed by atoms with E-state index in [0.29, 0.717) is 5.56 Å². The summed E-state index contributed by atoms with van der Waals surface area (Å²) in [4.78, 5) is 15.0.